The van der Waals surface area contributed by atoms with Crippen LogP contribution in [0.5, 0.6) is 0 Å². The fourth-order valence-electron chi connectivity index (χ4n) is 5.90. The number of amides is 1. The van der Waals surface area contributed by atoms with Crippen molar-refractivity contribution in [3.63, 3.8) is 0 Å². The van der Waals surface area contributed by atoms with E-state index >= 15 is 0 Å². The fraction of sp³-hybridized carbons (Fsp3) is 0.567. The topological polar surface area (TPSA) is 127 Å². The number of anilines is 2. The van der Waals surface area contributed by atoms with Crippen molar-refractivity contribution in [2.45, 2.75) is 82.6 Å². The molecule has 0 radical (unpaired) electrons. The maximum Gasteiger partial charge on any atom is 0.251 e. The van der Waals surface area contributed by atoms with E-state index in [9.17, 15) is 15.0 Å². The second-order valence-electron chi connectivity index (χ2n) is 11.7. The van der Waals surface area contributed by atoms with Gasteiger partial charge >= 0.3 is 0 Å². The molecule has 2 saturated carbocycles. The minimum atomic E-state index is -0.390. The average Bonchev–Trinajstić information content (AvgIpc) is 3.66. The first kappa shape index (κ1) is 27.0. The van der Waals surface area contributed by atoms with Crippen LogP contribution in [0.15, 0.2) is 30.5 Å². The Labute approximate surface area is 236 Å². The van der Waals surface area contributed by atoms with Crippen molar-refractivity contribution in [2.24, 2.45) is 0 Å². The van der Waals surface area contributed by atoms with Crippen molar-refractivity contribution in [2.75, 3.05) is 36.8 Å². The van der Waals surface area contributed by atoms with Gasteiger partial charge in [0, 0.05) is 50.8 Å². The molecule has 5 N–H and O–H groups in total. The van der Waals surface area contributed by atoms with Gasteiger partial charge in [-0.15, -0.1) is 0 Å². The van der Waals surface area contributed by atoms with Gasteiger partial charge in [-0.2, -0.15) is 9.61 Å². The molecule has 2 atom stereocenters. The number of aliphatic hydroxyl groups excluding tert-OH is 2. The molecule has 0 unspecified atom stereocenters. The molecule has 10 nitrogen and oxygen atoms in total. The molecule has 10 heteroatoms. The molecule has 3 fully saturated rings. The summed E-state index contributed by atoms with van der Waals surface area (Å²) in [5.74, 6) is 1.52. The summed E-state index contributed by atoms with van der Waals surface area (Å²) in [5.41, 5.74) is 4.17. The van der Waals surface area contributed by atoms with Crippen LogP contribution >= 0.6 is 0 Å². The zero-order valence-electron chi connectivity index (χ0n) is 23.3. The van der Waals surface area contributed by atoms with Gasteiger partial charge in [-0.1, -0.05) is 25.0 Å². The zero-order chi connectivity index (χ0) is 27.6. The molecule has 1 saturated heterocycles. The van der Waals surface area contributed by atoms with Crippen LogP contribution in [0.2, 0.25) is 0 Å². The summed E-state index contributed by atoms with van der Waals surface area (Å²) in [7, 11) is 0. The van der Waals surface area contributed by atoms with Crippen LogP contribution in [-0.4, -0.2) is 86.1 Å². The molecule has 3 aromatic rings. The number of carbonyl (C=O) groups excluding carboxylic acids is 1. The molecular formula is C30H43N7O3. The third kappa shape index (κ3) is 6.09. The molecule has 216 valence electrons. The van der Waals surface area contributed by atoms with E-state index in [1.165, 1.54) is 0 Å². The van der Waals surface area contributed by atoms with Gasteiger partial charge < -0.3 is 31.1 Å². The molecule has 3 heterocycles. The number of hydrogen-bond acceptors (Lipinski definition) is 8. The van der Waals surface area contributed by atoms with Crippen LogP contribution < -0.4 is 16.0 Å². The molecule has 1 aliphatic heterocycles. The molecule has 3 aliphatic rings. The summed E-state index contributed by atoms with van der Waals surface area (Å²) >= 11 is 0. The largest absolute Gasteiger partial charge is 0.393 e. The van der Waals surface area contributed by atoms with Gasteiger partial charge in [0.05, 0.1) is 24.4 Å². The van der Waals surface area contributed by atoms with E-state index in [1.807, 2.05) is 41.9 Å². The summed E-state index contributed by atoms with van der Waals surface area (Å²) in [6.07, 6.45) is 8.86. The van der Waals surface area contributed by atoms with Crippen LogP contribution in [0.4, 0.5) is 11.6 Å². The Morgan fingerprint density at radius 1 is 1.07 bits per heavy atom. The Morgan fingerprint density at radius 3 is 2.62 bits per heavy atom. The lowest BCUT2D eigenvalue weighted by atomic mass is 9.92. The number of hydrogen-bond donors (Lipinski definition) is 5. The molecule has 6 rings (SSSR count). The van der Waals surface area contributed by atoms with Crippen LogP contribution in [0.3, 0.4) is 0 Å². The summed E-state index contributed by atoms with van der Waals surface area (Å²) in [6, 6.07) is 8.15. The Morgan fingerprint density at radius 2 is 1.88 bits per heavy atom. The molecule has 2 aliphatic carbocycles. The third-order valence-corrected chi connectivity index (χ3v) is 8.52. The predicted octanol–water partition coefficient (Wildman–Crippen LogP) is 3.43. The van der Waals surface area contributed by atoms with E-state index in [1.54, 1.807) is 0 Å². The second-order valence-corrected chi connectivity index (χ2v) is 11.7. The van der Waals surface area contributed by atoms with Crippen molar-refractivity contribution in [1.29, 1.82) is 0 Å². The highest BCUT2D eigenvalue weighted by molar-refractivity contribution is 5.97. The molecule has 0 spiro atoms. The lowest BCUT2D eigenvalue weighted by molar-refractivity contribution is 0.0845. The first-order valence-electron chi connectivity index (χ1n) is 14.8. The van der Waals surface area contributed by atoms with Gasteiger partial charge in [-0.3, -0.25) is 4.79 Å². The smallest absolute Gasteiger partial charge is 0.251 e. The van der Waals surface area contributed by atoms with Crippen molar-refractivity contribution in [1.82, 2.24) is 24.8 Å². The van der Waals surface area contributed by atoms with Crippen molar-refractivity contribution >= 4 is 23.2 Å². The number of fused-ring (bicyclic) bond motifs is 1. The first-order valence-corrected chi connectivity index (χ1v) is 14.8. The first-order chi connectivity index (χ1) is 19.4. The lowest BCUT2D eigenvalue weighted by Gasteiger charge is -2.30. The number of nitrogens with one attached hydrogen (secondary N) is 3. The van der Waals surface area contributed by atoms with Crippen molar-refractivity contribution < 1.29 is 16.4 Å². The molecule has 2 aromatic heterocycles. The van der Waals surface area contributed by atoms with Gasteiger partial charge in [0.25, 0.3) is 5.91 Å². The van der Waals surface area contributed by atoms with Crippen LogP contribution in [0.1, 0.15) is 68.7 Å². The number of rotatable bonds is 9. The summed E-state index contributed by atoms with van der Waals surface area (Å²) in [4.78, 5) is 20.0. The van der Waals surface area contributed by atoms with E-state index in [2.05, 4.69) is 20.9 Å². The Hall–Kier alpha value is -3.21. The van der Waals surface area contributed by atoms with Gasteiger partial charge in [0.2, 0.25) is 0 Å². The SMILES string of the molecule is Cc1cc(-c2cnn3c(NCCN4CCC(O)CC4)cc(N[C@H]4CCCC[C@H]4O)nc23)ccc1C(=O)NC1CC1.[HH]. The number of piperidine rings is 1. The number of carbonyl (C=O) groups is 1. The van der Waals surface area contributed by atoms with Gasteiger partial charge in [0.1, 0.15) is 11.6 Å². The summed E-state index contributed by atoms with van der Waals surface area (Å²) < 4.78 is 1.83. The van der Waals surface area contributed by atoms with Crippen molar-refractivity contribution in [3.05, 3.63) is 41.6 Å². The average molecular weight is 550 g/mol. The monoisotopic (exact) mass is 549 g/mol. The highest BCUT2D eigenvalue weighted by Gasteiger charge is 2.26. The highest BCUT2D eigenvalue weighted by Crippen LogP contribution is 2.30. The number of aliphatic hydroxyl groups is 2. The number of aromatic nitrogens is 3. The quantitative estimate of drug-likeness (QED) is 0.275. The third-order valence-electron chi connectivity index (χ3n) is 8.52. The van der Waals surface area contributed by atoms with Crippen molar-refractivity contribution in [3.8, 4) is 11.1 Å². The Kier molecular flexibility index (Phi) is 7.91. The van der Waals surface area contributed by atoms with Crippen LogP contribution in [0, 0.1) is 6.92 Å². The lowest BCUT2D eigenvalue weighted by Crippen LogP contribution is -2.38. The van der Waals surface area contributed by atoms with E-state index in [4.69, 9.17) is 10.1 Å². The molecular weight excluding hydrogens is 506 g/mol. The number of nitrogens with zero attached hydrogens (tertiary/aromatic N) is 4. The molecule has 40 heavy (non-hydrogen) atoms. The zero-order valence-corrected chi connectivity index (χ0v) is 23.3. The molecule has 1 amide bonds. The van der Waals surface area contributed by atoms with E-state index in [-0.39, 0.29) is 25.6 Å². The van der Waals surface area contributed by atoms with E-state index < -0.39 is 0 Å². The number of aryl methyl sites for hydroxylation is 1. The van der Waals surface area contributed by atoms with Crippen LogP contribution in [0.25, 0.3) is 16.8 Å². The standard InChI is InChI=1S/C30H41N7O3.H2/c1-19-16-20(6-9-23(19)30(40)33-21-7-8-21)24-18-32-37-28(31-12-15-36-13-10-22(38)11-14-36)17-27(35-29(24)37)34-25-4-2-3-5-26(25)39;/h6,9,16-18,21-22,25-26,31,38-39H,2-5,7-8,10-15H2,1H3,(H,33,40)(H,34,35);1H/t25-,26+;/m0./s1. The van der Waals surface area contributed by atoms with E-state index in [0.29, 0.717) is 23.1 Å². The Balaban J connectivity index is 0.00000337. The van der Waals surface area contributed by atoms with Gasteiger partial charge in [-0.05, 0) is 62.6 Å². The summed E-state index contributed by atoms with van der Waals surface area (Å²) in [5, 5.41) is 35.2. The minimum Gasteiger partial charge on any atom is -0.393 e. The summed E-state index contributed by atoms with van der Waals surface area (Å²) in [6.45, 7) is 5.38. The Bertz CT molecular complexity index is 1350. The predicted molar refractivity (Wildman–Crippen MR) is 158 cm³/mol. The van der Waals surface area contributed by atoms with Gasteiger partial charge in [0.15, 0.2) is 5.65 Å². The second kappa shape index (κ2) is 11.7. The van der Waals surface area contributed by atoms with E-state index in [0.717, 1.165) is 100 Å². The normalized spacial score (nSPS) is 22.4. The minimum absolute atomic E-state index is 0. The molecule has 0 bridgehead atoms. The van der Waals surface area contributed by atoms with Crippen LogP contribution in [-0.2, 0) is 0 Å². The number of likely N-dealkylation sites (tertiary alicyclic amines) is 1. The van der Waals surface area contributed by atoms with Gasteiger partial charge in [-0.25, -0.2) is 4.98 Å². The fourth-order valence-corrected chi connectivity index (χ4v) is 5.90. The molecule has 1 aromatic carbocycles. The number of benzene rings is 1. The maximum atomic E-state index is 12.7. The highest BCUT2D eigenvalue weighted by atomic mass is 16.3. The maximum absolute atomic E-state index is 12.7.